The molecule has 0 unspecified atom stereocenters. The van der Waals surface area contributed by atoms with Gasteiger partial charge in [0.1, 0.15) is 0 Å². The van der Waals surface area contributed by atoms with E-state index in [-0.39, 0.29) is 163 Å². The number of hydrogen-bond donors (Lipinski definition) is 0. The normalized spacial score (nSPS) is 8.47. The third-order valence-corrected chi connectivity index (χ3v) is 0. The molecule has 0 aliphatic rings. The molecule has 0 aromatic carbocycles. The van der Waals surface area contributed by atoms with Crippen LogP contribution in [-0.4, -0.2) is 0 Å². The van der Waals surface area contributed by atoms with Crippen molar-refractivity contribution in [1.82, 2.24) is 0 Å². The van der Waals surface area contributed by atoms with E-state index >= 15 is 0 Å². The first-order valence-electron chi connectivity index (χ1n) is 18.0. The van der Waals surface area contributed by atoms with E-state index in [4.69, 9.17) is 53.5 Å². The van der Waals surface area contributed by atoms with Gasteiger partial charge in [0.05, 0.1) is 0 Å². The van der Waals surface area contributed by atoms with Crippen LogP contribution in [0.3, 0.4) is 0 Å². The van der Waals surface area contributed by atoms with Crippen molar-refractivity contribution in [1.29, 1.82) is 0 Å². The molecule has 0 spiro atoms. The van der Waals surface area contributed by atoms with Crippen LogP contribution >= 0.6 is 81.0 Å². The maximum Gasteiger partial charge on any atom is 0 e. The molecule has 0 aromatic heterocycles. The van der Waals surface area contributed by atoms with Crippen LogP contribution in [0.1, 0.15) is 135 Å². The highest BCUT2D eigenvalue weighted by molar-refractivity contribution is 7.60. The molecule has 0 N–H and O–H groups in total. The zero-order chi connectivity index (χ0) is 36.0. The molecule has 0 heterocycles. The summed E-state index contributed by atoms with van der Waals surface area (Å²) in [6.07, 6.45) is 0. The molecule has 0 bridgehead atoms. The summed E-state index contributed by atoms with van der Waals surface area (Å²) in [5, 5.41) is 0. The van der Waals surface area contributed by atoms with Gasteiger partial charge in [0.25, 0.3) is 0 Å². The highest BCUT2D eigenvalue weighted by Gasteiger charge is -0.0670. The SMILES string of the molecule is C.C.C.C.C.C.C.C.C.C.C.S.S.S.S.S.S.[3H][3H].[3H][3H].[3H][3H].[3H][3H].[3H][3H].[3H][3H].[3H][3H].[3H][3H].[3H][3H].[3H][3H].[3H][3H].[3H][3H].[3H][3H].[3H][3H].[3H][3H].[3H][3H].[3H][3H].[3H][3H]. The van der Waals surface area contributed by atoms with Crippen molar-refractivity contribution < 1.29 is 53.5 Å². The van der Waals surface area contributed by atoms with Crippen LogP contribution in [0, 0.1) is 0 Å². The molecular weight excluding hydrogens is 325 g/mol. The summed E-state index contributed by atoms with van der Waals surface area (Å²) in [6.45, 7) is 0. The Labute approximate surface area is 217 Å². The molecule has 0 rings (SSSR count). The first-order valence-corrected chi connectivity index (χ1v) is 0. The second-order valence-electron chi connectivity index (χ2n) is 0. The van der Waals surface area contributed by atoms with Crippen LogP contribution in [0.4, 0.5) is 0 Å². The van der Waals surface area contributed by atoms with Gasteiger partial charge in [-0.05, 0) is 0 Å². The quantitative estimate of drug-likeness (QED) is 0.317. The standard InChI is InChI=1S/11CH4.6H2S.18H2/h11*1H4;6*1H2;18*1H/i;;;;;;;;;;;;;;;;;18*1+2T. The van der Waals surface area contributed by atoms with Gasteiger partial charge in [-0.1, -0.05) is 81.7 Å². The molecule has 17 heavy (non-hydrogen) atoms. The van der Waals surface area contributed by atoms with Crippen LogP contribution in [0.2, 0.25) is 0 Å². The number of rotatable bonds is 0. The van der Waals surface area contributed by atoms with E-state index in [1.807, 2.05) is 0 Å². The van der Waals surface area contributed by atoms with Gasteiger partial charge in [-0.3, -0.25) is 0 Å². The fourth-order valence-electron chi connectivity index (χ4n) is 0. The van der Waals surface area contributed by atoms with Gasteiger partial charge < -0.3 is 0 Å². The molecule has 0 aliphatic heterocycles. The Morgan fingerprint density at radius 3 is 0.235 bits per heavy atom. The Balaban J connectivity index is -0.00000000193. The molecule has 6 heteroatoms. The van der Waals surface area contributed by atoms with Crippen molar-refractivity contribution in [3.8, 4) is 0 Å². The van der Waals surface area contributed by atoms with Crippen molar-refractivity contribution >= 4 is 81.0 Å². The lowest BCUT2D eigenvalue weighted by Gasteiger charge is -0.198. The minimum absolute atomic E-state index is 0. The van der Waals surface area contributed by atoms with Crippen LogP contribution in [-0.2, 0) is 0 Å². The molecule has 0 amide bonds. The molecule has 0 saturated carbocycles. The van der Waals surface area contributed by atoms with Gasteiger partial charge >= 0.3 is 0 Å². The zero-order valence-corrected chi connectivity index (χ0v) is 9.00. The van der Waals surface area contributed by atoms with E-state index < -0.39 is 0 Å². The predicted octanol–water partition coefficient (Wildman–Crippen LogP) is 12.1. The van der Waals surface area contributed by atoms with Gasteiger partial charge in [-0.25, -0.2) is 0 Å². The number of hydrogen-bond acceptors (Lipinski definition) is 0. The van der Waals surface area contributed by atoms with Crippen LogP contribution < -0.4 is 0 Å². The third-order valence-electron chi connectivity index (χ3n) is 0. The summed E-state index contributed by atoms with van der Waals surface area (Å²) in [6, 6.07) is 0. The largest absolute Gasteiger partial charge is 0.197 e. The Kier molecular flexibility index (Phi) is 1090. The summed E-state index contributed by atoms with van der Waals surface area (Å²) in [7, 11) is 0. The molecule has 0 aliphatic carbocycles. The summed E-state index contributed by atoms with van der Waals surface area (Å²) in [5.74, 6) is 0. The Morgan fingerprint density at radius 1 is 0.235 bits per heavy atom. The molecule has 172 valence electrons. The Bertz CT molecular complexity index is 63.9. The first-order chi connectivity index (χ1) is 18.0. The lowest BCUT2D eigenvalue weighted by atomic mass is 12.0. The van der Waals surface area contributed by atoms with Crippen molar-refractivity contribution in [2.45, 2.75) is 81.7 Å². The van der Waals surface area contributed by atoms with E-state index in [1.165, 1.54) is 0 Å². The molecule has 0 atom stereocenters. The minimum Gasteiger partial charge on any atom is -0.197 e. The van der Waals surface area contributed by atoms with Crippen molar-refractivity contribution in [2.75, 3.05) is 0 Å². The highest BCUT2D eigenvalue weighted by atomic mass is 32.1. The molecular formula is C11H92S6. The highest BCUT2D eigenvalue weighted by Crippen LogP contribution is 0.653. The second kappa shape index (κ2) is 1200. The van der Waals surface area contributed by atoms with Gasteiger partial charge in [0.15, 0.2) is 0 Å². The first kappa shape index (κ1) is 15.5. The van der Waals surface area contributed by atoms with Crippen LogP contribution in [0.5, 0.6) is 0 Å². The van der Waals surface area contributed by atoms with E-state index in [0.717, 1.165) is 0 Å². The van der Waals surface area contributed by atoms with Crippen LogP contribution in [0.15, 0.2) is 0 Å². The summed E-state index contributed by atoms with van der Waals surface area (Å²) in [5.41, 5.74) is 0. The average molecular weight is 490 g/mol. The second-order valence-corrected chi connectivity index (χ2v) is 0. The lowest BCUT2D eigenvalue weighted by molar-refractivity contribution is 2.50. The predicted molar refractivity (Wildman–Crippen MR) is 174 cm³/mol. The Morgan fingerprint density at radius 2 is 0.235 bits per heavy atom. The Hall–Kier alpha value is 2.10. The van der Waals surface area contributed by atoms with E-state index in [0.29, 0.717) is 0 Å². The average Bonchev–Trinajstić information content (AvgIpc) is 3.13. The van der Waals surface area contributed by atoms with Gasteiger partial charge in [0, 0.05) is 53.5 Å². The van der Waals surface area contributed by atoms with E-state index in [1.54, 1.807) is 0 Å². The molecule has 0 radical (unpaired) electrons. The molecule has 0 fully saturated rings. The summed E-state index contributed by atoms with van der Waals surface area (Å²) in [4.78, 5) is 0. The van der Waals surface area contributed by atoms with Crippen molar-refractivity contribution in [2.24, 2.45) is 0 Å². The third kappa shape index (κ3) is 1060. The van der Waals surface area contributed by atoms with E-state index in [9.17, 15) is 0 Å². The summed E-state index contributed by atoms with van der Waals surface area (Å²) >= 11 is 0. The maximum absolute atomic E-state index is 5.00. The molecule has 0 aromatic rings. The molecule has 0 nitrogen and oxygen atoms in total. The fourth-order valence-corrected chi connectivity index (χ4v) is 0. The maximum atomic E-state index is 5.00. The van der Waals surface area contributed by atoms with E-state index in [2.05, 4.69) is 0 Å². The van der Waals surface area contributed by atoms with Gasteiger partial charge in [-0.2, -0.15) is 81.0 Å². The van der Waals surface area contributed by atoms with Crippen molar-refractivity contribution in [3.05, 3.63) is 0 Å². The monoisotopic (exact) mass is 489 g/mol. The summed E-state index contributed by atoms with van der Waals surface area (Å²) < 4.78 is 180. The van der Waals surface area contributed by atoms with Crippen LogP contribution in [0.25, 0.3) is 0 Å². The lowest BCUT2D eigenvalue weighted by Crippen LogP contribution is 0.143. The molecule has 0 saturated heterocycles. The topological polar surface area (TPSA) is 0 Å². The zero-order valence-electron chi connectivity index (χ0n) is 39.0. The fraction of sp³-hybridized carbons (Fsp3) is 1.00. The van der Waals surface area contributed by atoms with Gasteiger partial charge in [-0.15, -0.1) is 0 Å². The van der Waals surface area contributed by atoms with Gasteiger partial charge in [0.2, 0.25) is 0 Å². The smallest absolute Gasteiger partial charge is 0 e. The van der Waals surface area contributed by atoms with Crippen molar-refractivity contribution in [3.63, 3.8) is 0 Å². The minimum atomic E-state index is 0.